The number of para-hydroxylation sites is 1. The van der Waals surface area contributed by atoms with E-state index in [1.165, 1.54) is 6.07 Å². The number of nitrogens with one attached hydrogen (secondary N) is 1. The van der Waals surface area contributed by atoms with Crippen LogP contribution in [0.15, 0.2) is 42.6 Å². The van der Waals surface area contributed by atoms with Crippen LogP contribution in [0.3, 0.4) is 0 Å². The molecule has 3 N–H and O–H groups in total. The van der Waals surface area contributed by atoms with Crippen molar-refractivity contribution in [3.05, 3.63) is 48.4 Å². The summed E-state index contributed by atoms with van der Waals surface area (Å²) >= 11 is 0. The number of rotatable bonds is 3. The van der Waals surface area contributed by atoms with E-state index in [0.29, 0.717) is 11.5 Å². The smallest absolute Gasteiger partial charge is 0.146 e. The standard InChI is InChI=1S/C15H18FN5/c16-13-3-1-2-4-14(13)21-9-7-20(8-10-21)12-5-6-15(19-17)18-11-12/h1-6,11H,7-10,17H2,(H,18,19). The van der Waals surface area contributed by atoms with Crippen LogP contribution >= 0.6 is 0 Å². The number of nitrogens with two attached hydrogens (primary N) is 1. The third-order valence-electron chi connectivity index (χ3n) is 3.73. The van der Waals surface area contributed by atoms with E-state index in [-0.39, 0.29) is 5.82 Å². The first kappa shape index (κ1) is 13.6. The Morgan fingerprint density at radius 3 is 2.33 bits per heavy atom. The van der Waals surface area contributed by atoms with Gasteiger partial charge in [-0.25, -0.2) is 15.2 Å². The predicted molar refractivity (Wildman–Crippen MR) is 82.9 cm³/mol. The molecule has 110 valence electrons. The van der Waals surface area contributed by atoms with Gasteiger partial charge in [0.05, 0.1) is 17.6 Å². The molecular formula is C15H18FN5. The summed E-state index contributed by atoms with van der Waals surface area (Å²) in [5.41, 5.74) is 4.25. The number of nitrogens with zero attached hydrogens (tertiary/aromatic N) is 3. The quantitative estimate of drug-likeness (QED) is 0.666. The van der Waals surface area contributed by atoms with Crippen molar-refractivity contribution >= 4 is 17.2 Å². The fourth-order valence-corrected chi connectivity index (χ4v) is 2.57. The van der Waals surface area contributed by atoms with Gasteiger partial charge in [-0.05, 0) is 24.3 Å². The maximum absolute atomic E-state index is 13.8. The molecular weight excluding hydrogens is 269 g/mol. The van der Waals surface area contributed by atoms with Crippen LogP contribution < -0.4 is 21.1 Å². The van der Waals surface area contributed by atoms with Crippen LogP contribution in [0, 0.1) is 5.82 Å². The van der Waals surface area contributed by atoms with Crippen molar-refractivity contribution in [3.8, 4) is 0 Å². The summed E-state index contributed by atoms with van der Waals surface area (Å²) in [6.07, 6.45) is 1.80. The lowest BCUT2D eigenvalue weighted by atomic mass is 10.2. The number of anilines is 3. The van der Waals surface area contributed by atoms with Gasteiger partial charge >= 0.3 is 0 Å². The molecule has 0 spiro atoms. The van der Waals surface area contributed by atoms with Gasteiger partial charge in [0, 0.05) is 26.2 Å². The first-order valence-corrected chi connectivity index (χ1v) is 6.95. The Labute approximate surface area is 123 Å². The van der Waals surface area contributed by atoms with Crippen LogP contribution in [0.25, 0.3) is 0 Å². The summed E-state index contributed by atoms with van der Waals surface area (Å²) in [6.45, 7) is 3.26. The molecule has 0 amide bonds. The van der Waals surface area contributed by atoms with Crippen LogP contribution in [0.5, 0.6) is 0 Å². The van der Waals surface area contributed by atoms with Crippen molar-refractivity contribution in [3.63, 3.8) is 0 Å². The van der Waals surface area contributed by atoms with Crippen LogP contribution in [-0.4, -0.2) is 31.2 Å². The summed E-state index contributed by atoms with van der Waals surface area (Å²) < 4.78 is 13.8. The Kier molecular flexibility index (Phi) is 3.87. The van der Waals surface area contributed by atoms with Gasteiger partial charge < -0.3 is 15.2 Å². The summed E-state index contributed by atoms with van der Waals surface area (Å²) in [4.78, 5) is 8.53. The molecule has 1 aliphatic rings. The average molecular weight is 287 g/mol. The molecule has 0 saturated carbocycles. The van der Waals surface area contributed by atoms with E-state index in [9.17, 15) is 4.39 Å². The average Bonchev–Trinajstić information content (AvgIpc) is 2.56. The van der Waals surface area contributed by atoms with Crippen molar-refractivity contribution in [2.24, 2.45) is 5.84 Å². The van der Waals surface area contributed by atoms with E-state index in [2.05, 4.69) is 20.2 Å². The molecule has 0 bridgehead atoms. The molecule has 3 rings (SSSR count). The molecule has 1 aromatic carbocycles. The lowest BCUT2D eigenvalue weighted by Crippen LogP contribution is -2.46. The molecule has 0 aliphatic carbocycles. The van der Waals surface area contributed by atoms with Gasteiger partial charge in [-0.1, -0.05) is 12.1 Å². The normalized spacial score (nSPS) is 15.1. The van der Waals surface area contributed by atoms with E-state index < -0.39 is 0 Å². The van der Waals surface area contributed by atoms with Crippen LogP contribution in [0.1, 0.15) is 0 Å². The van der Waals surface area contributed by atoms with E-state index >= 15 is 0 Å². The number of nitrogen functional groups attached to an aromatic ring is 1. The minimum Gasteiger partial charge on any atom is -0.367 e. The highest BCUT2D eigenvalue weighted by Gasteiger charge is 2.19. The first-order chi connectivity index (χ1) is 10.3. The van der Waals surface area contributed by atoms with Gasteiger partial charge in [0.15, 0.2) is 0 Å². The first-order valence-electron chi connectivity index (χ1n) is 6.95. The van der Waals surface area contributed by atoms with Crippen LogP contribution in [0.2, 0.25) is 0 Å². The highest BCUT2D eigenvalue weighted by atomic mass is 19.1. The Morgan fingerprint density at radius 1 is 1.00 bits per heavy atom. The number of hydrogen-bond donors (Lipinski definition) is 2. The second kappa shape index (κ2) is 5.97. The van der Waals surface area contributed by atoms with Gasteiger partial charge in [-0.15, -0.1) is 0 Å². The zero-order chi connectivity index (χ0) is 14.7. The van der Waals surface area contributed by atoms with Crippen molar-refractivity contribution in [2.75, 3.05) is 41.4 Å². The molecule has 1 fully saturated rings. The van der Waals surface area contributed by atoms with Crippen LogP contribution in [-0.2, 0) is 0 Å². The number of piperazine rings is 1. The SMILES string of the molecule is NNc1ccc(N2CCN(c3ccccc3F)CC2)cn1. The summed E-state index contributed by atoms with van der Waals surface area (Å²) in [6, 6.07) is 10.7. The van der Waals surface area contributed by atoms with Gasteiger partial charge in [0.2, 0.25) is 0 Å². The largest absolute Gasteiger partial charge is 0.367 e. The molecule has 0 atom stereocenters. The minimum atomic E-state index is -0.161. The fraction of sp³-hybridized carbons (Fsp3) is 0.267. The van der Waals surface area contributed by atoms with Gasteiger partial charge in [-0.2, -0.15) is 0 Å². The molecule has 6 heteroatoms. The summed E-state index contributed by atoms with van der Waals surface area (Å²) in [5.74, 6) is 5.79. The maximum Gasteiger partial charge on any atom is 0.146 e. The molecule has 2 aromatic rings. The number of hydrazine groups is 1. The lowest BCUT2D eigenvalue weighted by molar-refractivity contribution is 0.597. The Hall–Kier alpha value is -2.34. The molecule has 5 nitrogen and oxygen atoms in total. The number of pyridine rings is 1. The topological polar surface area (TPSA) is 57.4 Å². The molecule has 0 unspecified atom stereocenters. The van der Waals surface area contributed by atoms with Gasteiger partial charge in [0.25, 0.3) is 0 Å². The van der Waals surface area contributed by atoms with Crippen molar-refractivity contribution < 1.29 is 4.39 Å². The summed E-state index contributed by atoms with van der Waals surface area (Å²) in [5, 5.41) is 0. The Morgan fingerprint density at radius 2 is 1.71 bits per heavy atom. The number of aromatic nitrogens is 1. The van der Waals surface area contributed by atoms with E-state index in [4.69, 9.17) is 5.84 Å². The predicted octanol–water partition coefficient (Wildman–Crippen LogP) is 1.83. The number of halogens is 1. The third kappa shape index (κ3) is 2.90. The lowest BCUT2D eigenvalue weighted by Gasteiger charge is -2.37. The molecule has 1 saturated heterocycles. The highest BCUT2D eigenvalue weighted by molar-refractivity contribution is 5.53. The van der Waals surface area contributed by atoms with Crippen molar-refractivity contribution in [1.29, 1.82) is 0 Å². The Bertz CT molecular complexity index is 593. The summed E-state index contributed by atoms with van der Waals surface area (Å²) in [7, 11) is 0. The van der Waals surface area contributed by atoms with E-state index in [1.807, 2.05) is 24.3 Å². The van der Waals surface area contributed by atoms with Crippen molar-refractivity contribution in [1.82, 2.24) is 4.98 Å². The molecule has 2 heterocycles. The number of hydrogen-bond acceptors (Lipinski definition) is 5. The van der Waals surface area contributed by atoms with Gasteiger partial charge in [0.1, 0.15) is 11.6 Å². The van der Waals surface area contributed by atoms with E-state index in [0.717, 1.165) is 31.9 Å². The third-order valence-corrected chi connectivity index (χ3v) is 3.73. The number of benzene rings is 1. The monoisotopic (exact) mass is 287 g/mol. The molecule has 1 aromatic heterocycles. The zero-order valence-corrected chi connectivity index (χ0v) is 11.7. The van der Waals surface area contributed by atoms with Crippen LogP contribution in [0.4, 0.5) is 21.6 Å². The zero-order valence-electron chi connectivity index (χ0n) is 11.7. The second-order valence-corrected chi connectivity index (χ2v) is 4.97. The molecule has 0 radical (unpaired) electrons. The highest BCUT2D eigenvalue weighted by Crippen LogP contribution is 2.22. The van der Waals surface area contributed by atoms with Crippen molar-refractivity contribution in [2.45, 2.75) is 0 Å². The van der Waals surface area contributed by atoms with E-state index in [1.54, 1.807) is 12.3 Å². The second-order valence-electron chi connectivity index (χ2n) is 4.97. The Balaban J connectivity index is 1.66. The molecule has 1 aliphatic heterocycles. The maximum atomic E-state index is 13.8. The fourth-order valence-electron chi connectivity index (χ4n) is 2.57. The minimum absolute atomic E-state index is 0.161. The molecule has 21 heavy (non-hydrogen) atoms. The van der Waals surface area contributed by atoms with Gasteiger partial charge in [-0.3, -0.25) is 0 Å².